The number of aromatic nitrogens is 1. The van der Waals surface area contributed by atoms with Gasteiger partial charge in [0.25, 0.3) is 0 Å². The second-order valence-corrected chi connectivity index (χ2v) is 2.83. The fourth-order valence-electron chi connectivity index (χ4n) is 1.00. The smallest absolute Gasteiger partial charge is 0.122 e. The molecule has 1 aromatic rings. The van der Waals surface area contributed by atoms with Crippen LogP contribution in [0.2, 0.25) is 0 Å². The molecule has 0 amide bonds. The van der Waals surface area contributed by atoms with E-state index in [1.165, 1.54) is 0 Å². The molecule has 0 saturated heterocycles. The minimum Gasteiger partial charge on any atom is -0.493 e. The maximum atomic E-state index is 5.47. The van der Waals surface area contributed by atoms with Crippen molar-refractivity contribution < 1.29 is 9.47 Å². The van der Waals surface area contributed by atoms with E-state index >= 15 is 0 Å². The van der Waals surface area contributed by atoms with Crippen LogP contribution in [0.25, 0.3) is 0 Å². The molecule has 1 aromatic heterocycles. The van der Waals surface area contributed by atoms with Crippen molar-refractivity contribution in [3.05, 3.63) is 24.0 Å². The lowest BCUT2D eigenvalue weighted by atomic mass is 10.3. The minimum absolute atomic E-state index is 0. The molecular formula is C10H16ClNO2. The number of halogens is 1. The first-order valence-electron chi connectivity index (χ1n) is 4.37. The Hall–Kier alpha value is -0.800. The number of pyridine rings is 1. The standard InChI is InChI=1S/C10H15NO2.ClH/c1-9-8-10(4-5-11-9)13-7-3-6-12-2;/h4-5,8H,3,6-7H2,1-2H3;1H. The van der Waals surface area contributed by atoms with Gasteiger partial charge in [0.15, 0.2) is 0 Å². The summed E-state index contributed by atoms with van der Waals surface area (Å²) in [4.78, 5) is 4.08. The van der Waals surface area contributed by atoms with E-state index < -0.39 is 0 Å². The zero-order valence-electron chi connectivity index (χ0n) is 8.53. The van der Waals surface area contributed by atoms with E-state index in [0.29, 0.717) is 6.61 Å². The van der Waals surface area contributed by atoms with Gasteiger partial charge in [-0.1, -0.05) is 0 Å². The summed E-state index contributed by atoms with van der Waals surface area (Å²) < 4.78 is 10.4. The van der Waals surface area contributed by atoms with E-state index in [1.54, 1.807) is 13.3 Å². The number of aryl methyl sites for hydroxylation is 1. The van der Waals surface area contributed by atoms with Crippen LogP contribution in [0, 0.1) is 6.92 Å². The molecule has 1 rings (SSSR count). The Morgan fingerprint density at radius 2 is 2.14 bits per heavy atom. The molecule has 0 spiro atoms. The molecule has 1 heterocycles. The third-order valence-electron chi connectivity index (χ3n) is 1.63. The molecule has 3 nitrogen and oxygen atoms in total. The highest BCUT2D eigenvalue weighted by molar-refractivity contribution is 5.85. The molecule has 80 valence electrons. The van der Waals surface area contributed by atoms with Crippen LogP contribution >= 0.6 is 12.4 Å². The highest BCUT2D eigenvalue weighted by atomic mass is 35.5. The van der Waals surface area contributed by atoms with Gasteiger partial charge in [0, 0.05) is 38.1 Å². The lowest BCUT2D eigenvalue weighted by Gasteiger charge is -2.05. The maximum Gasteiger partial charge on any atom is 0.122 e. The van der Waals surface area contributed by atoms with E-state index in [1.807, 2.05) is 19.1 Å². The summed E-state index contributed by atoms with van der Waals surface area (Å²) in [5.41, 5.74) is 0.976. The van der Waals surface area contributed by atoms with Gasteiger partial charge < -0.3 is 9.47 Å². The average molecular weight is 218 g/mol. The van der Waals surface area contributed by atoms with E-state index in [9.17, 15) is 0 Å². The molecule has 0 aliphatic carbocycles. The molecule has 0 N–H and O–H groups in total. The first kappa shape index (κ1) is 13.2. The van der Waals surface area contributed by atoms with Gasteiger partial charge in [0.2, 0.25) is 0 Å². The molecule has 0 unspecified atom stereocenters. The SMILES string of the molecule is COCCCOc1ccnc(C)c1.Cl. The van der Waals surface area contributed by atoms with Gasteiger partial charge in [0.1, 0.15) is 5.75 Å². The average Bonchev–Trinajstić information content (AvgIpc) is 2.13. The Bertz CT molecular complexity index is 256. The molecule has 0 saturated carbocycles. The third-order valence-corrected chi connectivity index (χ3v) is 1.63. The van der Waals surface area contributed by atoms with Crippen molar-refractivity contribution in [1.29, 1.82) is 0 Å². The Labute approximate surface area is 90.9 Å². The van der Waals surface area contributed by atoms with Gasteiger partial charge in [-0.15, -0.1) is 12.4 Å². The molecule has 0 fully saturated rings. The van der Waals surface area contributed by atoms with Crippen molar-refractivity contribution in [3.63, 3.8) is 0 Å². The van der Waals surface area contributed by atoms with Crippen LogP contribution in [0.3, 0.4) is 0 Å². The Morgan fingerprint density at radius 1 is 1.36 bits per heavy atom. The number of rotatable bonds is 5. The quantitative estimate of drug-likeness (QED) is 0.709. The van der Waals surface area contributed by atoms with Gasteiger partial charge in [0.05, 0.1) is 6.61 Å². The monoisotopic (exact) mass is 217 g/mol. The molecule has 4 heteroatoms. The molecule has 14 heavy (non-hydrogen) atoms. The first-order valence-corrected chi connectivity index (χ1v) is 4.37. The van der Waals surface area contributed by atoms with Crippen molar-refractivity contribution in [3.8, 4) is 5.75 Å². The highest BCUT2D eigenvalue weighted by Gasteiger charge is 1.93. The van der Waals surface area contributed by atoms with Crippen molar-refractivity contribution in [1.82, 2.24) is 4.98 Å². The maximum absolute atomic E-state index is 5.47. The molecular weight excluding hydrogens is 202 g/mol. The Morgan fingerprint density at radius 3 is 2.79 bits per heavy atom. The fourth-order valence-corrected chi connectivity index (χ4v) is 1.00. The lowest BCUT2D eigenvalue weighted by molar-refractivity contribution is 0.172. The van der Waals surface area contributed by atoms with Gasteiger partial charge in [-0.2, -0.15) is 0 Å². The summed E-state index contributed by atoms with van der Waals surface area (Å²) in [6.07, 6.45) is 2.67. The normalized spacial score (nSPS) is 9.29. The van der Waals surface area contributed by atoms with E-state index in [2.05, 4.69) is 4.98 Å². The predicted octanol–water partition coefficient (Wildman–Crippen LogP) is 2.23. The number of hydrogen-bond donors (Lipinski definition) is 0. The Balaban J connectivity index is 0.00000169. The summed E-state index contributed by atoms with van der Waals surface area (Å²) in [5, 5.41) is 0. The number of ether oxygens (including phenoxy) is 2. The topological polar surface area (TPSA) is 31.4 Å². The molecule has 0 bridgehead atoms. The van der Waals surface area contributed by atoms with Crippen molar-refractivity contribution >= 4 is 12.4 Å². The number of nitrogens with zero attached hydrogens (tertiary/aromatic N) is 1. The first-order chi connectivity index (χ1) is 6.33. The minimum atomic E-state index is 0. The summed E-state index contributed by atoms with van der Waals surface area (Å²) >= 11 is 0. The van der Waals surface area contributed by atoms with Crippen molar-refractivity contribution in [2.75, 3.05) is 20.3 Å². The van der Waals surface area contributed by atoms with Crippen LogP contribution in [-0.2, 0) is 4.74 Å². The Kier molecular flexibility index (Phi) is 7.16. The summed E-state index contributed by atoms with van der Waals surface area (Å²) in [6, 6.07) is 3.78. The van der Waals surface area contributed by atoms with Gasteiger partial charge in [-0.3, -0.25) is 4.98 Å². The second-order valence-electron chi connectivity index (χ2n) is 2.83. The van der Waals surface area contributed by atoms with Crippen LogP contribution < -0.4 is 4.74 Å². The fraction of sp³-hybridized carbons (Fsp3) is 0.500. The van der Waals surface area contributed by atoms with Crippen LogP contribution in [0.5, 0.6) is 5.75 Å². The lowest BCUT2D eigenvalue weighted by Crippen LogP contribution is -2.01. The number of methoxy groups -OCH3 is 1. The summed E-state index contributed by atoms with van der Waals surface area (Å²) in [7, 11) is 1.69. The van der Waals surface area contributed by atoms with Gasteiger partial charge in [-0.05, 0) is 13.0 Å². The number of hydrogen-bond acceptors (Lipinski definition) is 3. The van der Waals surface area contributed by atoms with Crippen molar-refractivity contribution in [2.24, 2.45) is 0 Å². The molecule has 0 aliphatic heterocycles. The van der Waals surface area contributed by atoms with Crippen molar-refractivity contribution in [2.45, 2.75) is 13.3 Å². The third kappa shape index (κ3) is 5.04. The van der Waals surface area contributed by atoms with E-state index in [0.717, 1.165) is 24.5 Å². The van der Waals surface area contributed by atoms with E-state index in [-0.39, 0.29) is 12.4 Å². The largest absolute Gasteiger partial charge is 0.493 e. The van der Waals surface area contributed by atoms with Crippen LogP contribution in [0.4, 0.5) is 0 Å². The molecule has 0 radical (unpaired) electrons. The van der Waals surface area contributed by atoms with Gasteiger partial charge in [-0.25, -0.2) is 0 Å². The molecule has 0 aromatic carbocycles. The van der Waals surface area contributed by atoms with Crippen LogP contribution in [0.15, 0.2) is 18.3 Å². The van der Waals surface area contributed by atoms with Gasteiger partial charge >= 0.3 is 0 Å². The highest BCUT2D eigenvalue weighted by Crippen LogP contribution is 2.09. The molecule has 0 aliphatic rings. The van der Waals surface area contributed by atoms with Crippen LogP contribution in [-0.4, -0.2) is 25.3 Å². The predicted molar refractivity (Wildman–Crippen MR) is 58.2 cm³/mol. The molecule has 0 atom stereocenters. The summed E-state index contributed by atoms with van der Waals surface area (Å²) in [6.45, 7) is 3.38. The second kappa shape index (κ2) is 7.59. The zero-order valence-corrected chi connectivity index (χ0v) is 9.34. The zero-order chi connectivity index (χ0) is 9.52. The van der Waals surface area contributed by atoms with Crippen LogP contribution in [0.1, 0.15) is 12.1 Å². The van der Waals surface area contributed by atoms with E-state index in [4.69, 9.17) is 9.47 Å². The summed E-state index contributed by atoms with van der Waals surface area (Å²) in [5.74, 6) is 0.878.